The van der Waals surface area contributed by atoms with Crippen LogP contribution in [-0.2, 0) is 16.6 Å². The maximum absolute atomic E-state index is 11.7. The Hall–Kier alpha value is -1.65. The van der Waals surface area contributed by atoms with Crippen molar-refractivity contribution in [1.29, 1.82) is 0 Å². The predicted molar refractivity (Wildman–Crippen MR) is 76.5 cm³/mol. The van der Waals surface area contributed by atoms with Crippen molar-refractivity contribution in [1.82, 2.24) is 9.78 Å². The zero-order valence-electron chi connectivity index (χ0n) is 12.4. The Bertz CT molecular complexity index is 427. The van der Waals surface area contributed by atoms with E-state index in [-0.39, 0.29) is 24.6 Å². The lowest BCUT2D eigenvalue weighted by Gasteiger charge is -2.04. The van der Waals surface area contributed by atoms with Crippen molar-refractivity contribution in [2.45, 2.75) is 51.9 Å². The van der Waals surface area contributed by atoms with Crippen LogP contribution in [0.4, 0.5) is 0 Å². The lowest BCUT2D eigenvalue weighted by Crippen LogP contribution is -2.09. The van der Waals surface area contributed by atoms with Crippen molar-refractivity contribution >= 4 is 11.8 Å². The molecule has 5 heteroatoms. The van der Waals surface area contributed by atoms with Crippen molar-refractivity contribution in [2.75, 3.05) is 6.61 Å². The highest BCUT2D eigenvalue weighted by molar-refractivity contribution is 5.97. The Morgan fingerprint density at radius 1 is 1.20 bits per heavy atom. The van der Waals surface area contributed by atoms with Crippen molar-refractivity contribution in [2.24, 2.45) is 7.05 Å². The van der Waals surface area contributed by atoms with Gasteiger partial charge in [-0.2, -0.15) is 5.10 Å². The number of Topliss-reactive ketones (excluding diaryl/α,β-unsaturated/α-hetero) is 1. The van der Waals surface area contributed by atoms with Crippen LogP contribution in [0.1, 0.15) is 62.2 Å². The molecule has 0 saturated heterocycles. The number of unbranched alkanes of at least 4 members (excludes halogenated alkanes) is 4. The number of nitrogens with zero attached hydrogens (tertiary/aromatic N) is 2. The van der Waals surface area contributed by atoms with Gasteiger partial charge in [0.05, 0.1) is 24.8 Å². The van der Waals surface area contributed by atoms with E-state index >= 15 is 0 Å². The minimum absolute atomic E-state index is 0.0713. The third-order valence-electron chi connectivity index (χ3n) is 3.09. The summed E-state index contributed by atoms with van der Waals surface area (Å²) in [4.78, 5) is 23.2. The molecule has 0 atom stereocenters. The zero-order valence-corrected chi connectivity index (χ0v) is 12.4. The molecule has 0 unspecified atom stereocenters. The highest BCUT2D eigenvalue weighted by Gasteiger charge is 2.11. The summed E-state index contributed by atoms with van der Waals surface area (Å²) in [5.41, 5.74) is 0.542. The highest BCUT2D eigenvalue weighted by Crippen LogP contribution is 2.06. The molecule has 0 aromatic carbocycles. The molecular weight excluding hydrogens is 256 g/mol. The number of esters is 1. The van der Waals surface area contributed by atoms with Gasteiger partial charge in [0.2, 0.25) is 0 Å². The van der Waals surface area contributed by atoms with Gasteiger partial charge in [-0.05, 0) is 6.42 Å². The Morgan fingerprint density at radius 3 is 2.60 bits per heavy atom. The first kappa shape index (κ1) is 16.4. The summed E-state index contributed by atoms with van der Waals surface area (Å²) < 4.78 is 6.67. The van der Waals surface area contributed by atoms with Gasteiger partial charge in [0.1, 0.15) is 0 Å². The fraction of sp³-hybridized carbons (Fsp3) is 0.667. The van der Waals surface area contributed by atoms with Gasteiger partial charge in [0.15, 0.2) is 5.78 Å². The maximum Gasteiger partial charge on any atom is 0.306 e. The second-order valence-electron chi connectivity index (χ2n) is 4.96. The highest BCUT2D eigenvalue weighted by atomic mass is 16.5. The smallest absolute Gasteiger partial charge is 0.306 e. The molecule has 112 valence electrons. The van der Waals surface area contributed by atoms with E-state index in [1.807, 2.05) is 0 Å². The van der Waals surface area contributed by atoms with Crippen LogP contribution in [0.5, 0.6) is 0 Å². The van der Waals surface area contributed by atoms with E-state index in [2.05, 4.69) is 12.0 Å². The molecule has 0 spiro atoms. The molecular formula is C15H24N2O3. The van der Waals surface area contributed by atoms with Crippen LogP contribution in [0.15, 0.2) is 12.4 Å². The Kier molecular flexibility index (Phi) is 7.62. The van der Waals surface area contributed by atoms with E-state index in [1.54, 1.807) is 17.9 Å². The predicted octanol–water partition coefficient (Wildman–Crippen LogP) is 2.90. The maximum atomic E-state index is 11.7. The third kappa shape index (κ3) is 6.50. The number of ketones is 1. The summed E-state index contributed by atoms with van der Waals surface area (Å²) in [6.07, 6.45) is 9.11. The summed E-state index contributed by atoms with van der Waals surface area (Å²) in [5, 5.41) is 3.93. The second kappa shape index (κ2) is 9.28. The fourth-order valence-corrected chi connectivity index (χ4v) is 1.89. The van der Waals surface area contributed by atoms with Crippen LogP contribution >= 0.6 is 0 Å². The Balaban J connectivity index is 2.09. The molecule has 0 saturated carbocycles. The van der Waals surface area contributed by atoms with Crippen LogP contribution in [0, 0.1) is 0 Å². The van der Waals surface area contributed by atoms with E-state index in [9.17, 15) is 9.59 Å². The molecule has 0 aliphatic heterocycles. The molecule has 20 heavy (non-hydrogen) atoms. The minimum atomic E-state index is -0.294. The lowest BCUT2D eigenvalue weighted by molar-refractivity contribution is -0.143. The summed E-state index contributed by atoms with van der Waals surface area (Å²) >= 11 is 0. The Labute approximate surface area is 120 Å². The molecule has 1 aromatic rings. The molecule has 0 fully saturated rings. The van der Waals surface area contributed by atoms with E-state index in [4.69, 9.17) is 4.74 Å². The van der Waals surface area contributed by atoms with Gasteiger partial charge in [0.25, 0.3) is 0 Å². The number of hydrogen-bond acceptors (Lipinski definition) is 4. The van der Waals surface area contributed by atoms with Gasteiger partial charge in [-0.25, -0.2) is 0 Å². The lowest BCUT2D eigenvalue weighted by atomic mass is 10.1. The number of rotatable bonds is 10. The third-order valence-corrected chi connectivity index (χ3v) is 3.09. The molecule has 0 N–H and O–H groups in total. The number of ether oxygens (including phenoxy) is 1. The second-order valence-corrected chi connectivity index (χ2v) is 4.96. The van der Waals surface area contributed by atoms with Crippen LogP contribution < -0.4 is 0 Å². The quantitative estimate of drug-likeness (QED) is 0.375. The number of aromatic nitrogens is 2. The average Bonchev–Trinajstić information content (AvgIpc) is 2.86. The van der Waals surface area contributed by atoms with E-state index in [0.29, 0.717) is 12.2 Å². The summed E-state index contributed by atoms with van der Waals surface area (Å²) in [6, 6.07) is 0. The molecule has 0 radical (unpaired) electrons. The minimum Gasteiger partial charge on any atom is -0.466 e. The number of carbonyl (C=O) groups is 2. The topological polar surface area (TPSA) is 61.2 Å². The van der Waals surface area contributed by atoms with Gasteiger partial charge in [0, 0.05) is 19.7 Å². The van der Waals surface area contributed by atoms with Crippen LogP contribution in [0.3, 0.4) is 0 Å². The first-order valence-corrected chi connectivity index (χ1v) is 7.31. The number of aryl methyl sites for hydroxylation is 1. The zero-order chi connectivity index (χ0) is 14.8. The summed E-state index contributed by atoms with van der Waals surface area (Å²) in [6.45, 7) is 2.63. The molecule has 0 aliphatic rings. The van der Waals surface area contributed by atoms with Gasteiger partial charge in [-0.1, -0.05) is 32.6 Å². The van der Waals surface area contributed by atoms with Gasteiger partial charge in [-0.3, -0.25) is 14.3 Å². The van der Waals surface area contributed by atoms with E-state index in [0.717, 1.165) is 12.8 Å². The van der Waals surface area contributed by atoms with Gasteiger partial charge < -0.3 is 4.74 Å². The van der Waals surface area contributed by atoms with E-state index in [1.165, 1.54) is 25.5 Å². The Morgan fingerprint density at radius 2 is 1.95 bits per heavy atom. The summed E-state index contributed by atoms with van der Waals surface area (Å²) in [5.74, 6) is -0.365. The van der Waals surface area contributed by atoms with E-state index < -0.39 is 0 Å². The van der Waals surface area contributed by atoms with Crippen molar-refractivity contribution in [3.63, 3.8) is 0 Å². The molecule has 1 rings (SSSR count). The van der Waals surface area contributed by atoms with Crippen molar-refractivity contribution in [3.05, 3.63) is 18.0 Å². The molecule has 0 bridgehead atoms. The standard InChI is InChI=1S/C15H24N2O3/c1-3-4-5-6-7-10-20-15(19)9-8-14(18)13-11-16-17(2)12-13/h11-12H,3-10H2,1-2H3. The SMILES string of the molecule is CCCCCCCOC(=O)CCC(=O)c1cnn(C)c1. The van der Waals surface area contributed by atoms with Crippen molar-refractivity contribution in [3.8, 4) is 0 Å². The van der Waals surface area contributed by atoms with Crippen LogP contribution in [-0.4, -0.2) is 28.1 Å². The number of hydrogen-bond donors (Lipinski definition) is 0. The normalized spacial score (nSPS) is 10.5. The molecule has 1 heterocycles. The van der Waals surface area contributed by atoms with Crippen molar-refractivity contribution < 1.29 is 14.3 Å². The number of carbonyl (C=O) groups excluding carboxylic acids is 2. The first-order chi connectivity index (χ1) is 9.63. The monoisotopic (exact) mass is 280 g/mol. The van der Waals surface area contributed by atoms with Crippen LogP contribution in [0.2, 0.25) is 0 Å². The van der Waals surface area contributed by atoms with Gasteiger partial charge >= 0.3 is 5.97 Å². The molecule has 1 aromatic heterocycles. The average molecular weight is 280 g/mol. The first-order valence-electron chi connectivity index (χ1n) is 7.31. The van der Waals surface area contributed by atoms with Crippen LogP contribution in [0.25, 0.3) is 0 Å². The molecule has 0 amide bonds. The fourth-order valence-electron chi connectivity index (χ4n) is 1.89. The summed E-state index contributed by atoms with van der Waals surface area (Å²) in [7, 11) is 1.75. The molecule has 0 aliphatic carbocycles. The largest absolute Gasteiger partial charge is 0.466 e. The van der Waals surface area contributed by atoms with Gasteiger partial charge in [-0.15, -0.1) is 0 Å². The molecule has 5 nitrogen and oxygen atoms in total.